The van der Waals surface area contributed by atoms with Crippen molar-refractivity contribution in [2.24, 2.45) is 0 Å². The maximum absolute atomic E-state index is 12.2. The van der Waals surface area contributed by atoms with Gasteiger partial charge in [-0.15, -0.1) is 0 Å². The molecule has 0 bridgehead atoms. The fraction of sp³-hybridized carbons (Fsp3) is 0.412. The first-order valence-corrected chi connectivity index (χ1v) is 8.01. The summed E-state index contributed by atoms with van der Waals surface area (Å²) < 4.78 is 4.88. The van der Waals surface area contributed by atoms with E-state index >= 15 is 0 Å². The molecule has 3 amide bonds. The molecule has 0 aromatic heterocycles. The number of imide groups is 1. The Morgan fingerprint density at radius 2 is 1.73 bits per heavy atom. The van der Waals surface area contributed by atoms with E-state index in [-0.39, 0.29) is 31.1 Å². The van der Waals surface area contributed by atoms with E-state index in [2.05, 4.69) is 10.2 Å². The molecule has 1 fully saturated rings. The van der Waals surface area contributed by atoms with Crippen LogP contribution in [-0.4, -0.2) is 46.2 Å². The van der Waals surface area contributed by atoms with Gasteiger partial charge in [-0.2, -0.15) is 0 Å². The Hall–Kier alpha value is -2.94. The van der Waals surface area contributed by atoms with E-state index in [1.54, 1.807) is 13.8 Å². The Balaban J connectivity index is 1.92. The molecule has 0 atom stereocenters. The topological polar surface area (TPSA) is 122 Å². The zero-order chi connectivity index (χ0) is 19.3. The summed E-state index contributed by atoms with van der Waals surface area (Å²) >= 11 is 0. The Morgan fingerprint density at radius 3 is 2.27 bits per heavy atom. The number of carbonyl (C=O) groups is 4. The summed E-state index contributed by atoms with van der Waals surface area (Å²) in [6.45, 7) is 3.52. The molecule has 26 heavy (non-hydrogen) atoms. The zero-order valence-electron chi connectivity index (χ0n) is 14.5. The first-order valence-electron chi connectivity index (χ1n) is 8.01. The van der Waals surface area contributed by atoms with Crippen LogP contribution >= 0.6 is 0 Å². The van der Waals surface area contributed by atoms with E-state index in [0.29, 0.717) is 17.0 Å². The lowest BCUT2D eigenvalue weighted by atomic mass is 10.0. The van der Waals surface area contributed by atoms with Crippen LogP contribution in [0.15, 0.2) is 24.3 Å². The van der Waals surface area contributed by atoms with Crippen LogP contribution in [-0.2, 0) is 14.4 Å². The van der Waals surface area contributed by atoms with Crippen LogP contribution in [0.4, 0.5) is 4.79 Å². The molecule has 1 aromatic carbocycles. The van der Waals surface area contributed by atoms with E-state index in [4.69, 9.17) is 9.84 Å². The van der Waals surface area contributed by atoms with E-state index in [1.165, 1.54) is 24.3 Å². The smallest absolute Gasteiger partial charge is 0.396 e. The number of aliphatic hydroxyl groups excluding tert-OH is 1. The minimum atomic E-state index is -1.23. The SMILES string of the molecule is CC(C)(CCO)NC(=O)c1ccc(OC(=O)ON2C(=O)CCC2=O)cc1. The number of carbonyl (C=O) groups excluding carboxylic acids is 4. The third-order valence-electron chi connectivity index (χ3n) is 3.68. The van der Waals surface area contributed by atoms with Crippen LogP contribution in [0, 0.1) is 0 Å². The molecule has 1 aliphatic heterocycles. The lowest BCUT2D eigenvalue weighted by molar-refractivity contribution is -0.174. The van der Waals surface area contributed by atoms with Crippen molar-refractivity contribution in [2.45, 2.75) is 38.6 Å². The summed E-state index contributed by atoms with van der Waals surface area (Å²) in [7, 11) is 0. The Bertz CT molecular complexity index is 696. The summed E-state index contributed by atoms with van der Waals surface area (Å²) in [5.41, 5.74) is -0.235. The van der Waals surface area contributed by atoms with Crippen LogP contribution in [0.3, 0.4) is 0 Å². The molecule has 9 heteroatoms. The molecular formula is C17H20N2O7. The quantitative estimate of drug-likeness (QED) is 0.441. The molecule has 1 heterocycles. The summed E-state index contributed by atoms with van der Waals surface area (Å²) in [5.74, 6) is -1.47. The molecule has 0 aliphatic carbocycles. The minimum Gasteiger partial charge on any atom is -0.396 e. The van der Waals surface area contributed by atoms with Gasteiger partial charge >= 0.3 is 6.16 Å². The van der Waals surface area contributed by atoms with Crippen molar-refractivity contribution >= 4 is 23.9 Å². The second kappa shape index (κ2) is 7.96. The largest absolute Gasteiger partial charge is 0.539 e. The molecule has 2 N–H and O–H groups in total. The van der Waals surface area contributed by atoms with Gasteiger partial charge in [0.05, 0.1) is 0 Å². The predicted octanol–water partition coefficient (Wildman–Crippen LogP) is 1.16. The fourth-order valence-corrected chi connectivity index (χ4v) is 2.24. The number of aliphatic hydroxyl groups is 1. The molecule has 140 valence electrons. The van der Waals surface area contributed by atoms with Gasteiger partial charge in [-0.1, -0.05) is 5.06 Å². The number of hydrogen-bond acceptors (Lipinski definition) is 7. The second-order valence-corrected chi connectivity index (χ2v) is 6.36. The molecule has 2 rings (SSSR count). The van der Waals surface area contributed by atoms with Gasteiger partial charge in [0, 0.05) is 30.6 Å². The molecule has 0 spiro atoms. The predicted molar refractivity (Wildman–Crippen MR) is 87.9 cm³/mol. The van der Waals surface area contributed by atoms with Gasteiger partial charge in [0.25, 0.3) is 17.7 Å². The van der Waals surface area contributed by atoms with Crippen molar-refractivity contribution in [2.75, 3.05) is 6.61 Å². The number of hydrogen-bond donors (Lipinski definition) is 2. The average Bonchev–Trinajstić information content (AvgIpc) is 2.86. The second-order valence-electron chi connectivity index (χ2n) is 6.36. The third kappa shape index (κ3) is 5.03. The van der Waals surface area contributed by atoms with Crippen molar-refractivity contribution in [1.29, 1.82) is 0 Å². The third-order valence-corrected chi connectivity index (χ3v) is 3.68. The van der Waals surface area contributed by atoms with Crippen LogP contribution in [0.5, 0.6) is 5.75 Å². The van der Waals surface area contributed by atoms with E-state index < -0.39 is 23.5 Å². The van der Waals surface area contributed by atoms with Crippen LogP contribution in [0.25, 0.3) is 0 Å². The van der Waals surface area contributed by atoms with Crippen LogP contribution in [0.1, 0.15) is 43.5 Å². The first-order chi connectivity index (χ1) is 12.2. The zero-order valence-corrected chi connectivity index (χ0v) is 14.5. The lowest BCUT2D eigenvalue weighted by Gasteiger charge is -2.25. The molecule has 9 nitrogen and oxygen atoms in total. The highest BCUT2D eigenvalue weighted by atomic mass is 16.8. The molecule has 0 unspecified atom stereocenters. The number of hydroxylamine groups is 2. The monoisotopic (exact) mass is 364 g/mol. The van der Waals surface area contributed by atoms with Gasteiger partial charge in [-0.05, 0) is 44.5 Å². The van der Waals surface area contributed by atoms with Gasteiger partial charge in [0.2, 0.25) is 0 Å². The van der Waals surface area contributed by atoms with Gasteiger partial charge in [0.1, 0.15) is 5.75 Å². The van der Waals surface area contributed by atoms with Gasteiger partial charge in [0.15, 0.2) is 0 Å². The Labute approximate surface area is 149 Å². The molecule has 0 radical (unpaired) electrons. The maximum Gasteiger partial charge on any atom is 0.539 e. The number of nitrogens with one attached hydrogen (secondary N) is 1. The number of ether oxygens (including phenoxy) is 1. The van der Waals surface area contributed by atoms with E-state index in [9.17, 15) is 19.2 Å². The van der Waals surface area contributed by atoms with E-state index in [1.807, 2.05) is 0 Å². The first kappa shape index (κ1) is 19.4. The molecule has 0 saturated carbocycles. The number of rotatable bonds is 6. The Kier molecular flexibility index (Phi) is 5.93. The van der Waals surface area contributed by atoms with Crippen LogP contribution < -0.4 is 10.1 Å². The summed E-state index contributed by atoms with van der Waals surface area (Å²) in [4.78, 5) is 51.1. The molecule has 1 aliphatic rings. The van der Waals surface area contributed by atoms with Crippen molar-refractivity contribution in [3.05, 3.63) is 29.8 Å². The number of nitrogens with zero attached hydrogens (tertiary/aromatic N) is 1. The Morgan fingerprint density at radius 1 is 1.15 bits per heavy atom. The lowest BCUT2D eigenvalue weighted by Crippen LogP contribution is -2.44. The maximum atomic E-state index is 12.2. The molecule has 1 aromatic rings. The molecular weight excluding hydrogens is 344 g/mol. The normalized spacial score (nSPS) is 14.3. The van der Waals surface area contributed by atoms with Crippen molar-refractivity contribution < 1.29 is 33.9 Å². The van der Waals surface area contributed by atoms with Gasteiger partial charge < -0.3 is 15.2 Å². The highest BCUT2D eigenvalue weighted by molar-refractivity contribution is 6.01. The number of benzene rings is 1. The highest BCUT2D eigenvalue weighted by Crippen LogP contribution is 2.17. The van der Waals surface area contributed by atoms with Gasteiger partial charge in [-0.25, -0.2) is 4.79 Å². The van der Waals surface area contributed by atoms with Crippen molar-refractivity contribution in [1.82, 2.24) is 10.4 Å². The standard InChI is InChI=1S/C17H20N2O7/c1-17(2,9-10-20)18-15(23)11-3-5-12(6-4-11)25-16(24)26-19-13(21)7-8-14(19)22/h3-6,20H,7-10H2,1-2H3,(H,18,23). The molecule has 1 saturated heterocycles. The minimum absolute atomic E-state index is 0.0114. The fourth-order valence-electron chi connectivity index (χ4n) is 2.24. The summed E-state index contributed by atoms with van der Waals surface area (Å²) in [6.07, 6.45) is -0.847. The highest BCUT2D eigenvalue weighted by Gasteiger charge is 2.33. The average molecular weight is 364 g/mol. The van der Waals surface area contributed by atoms with E-state index in [0.717, 1.165) is 0 Å². The summed E-state index contributed by atoms with van der Waals surface area (Å²) in [5, 5.41) is 12.1. The van der Waals surface area contributed by atoms with Crippen LogP contribution in [0.2, 0.25) is 0 Å². The van der Waals surface area contributed by atoms with Crippen molar-refractivity contribution in [3.8, 4) is 5.75 Å². The van der Waals surface area contributed by atoms with Crippen molar-refractivity contribution in [3.63, 3.8) is 0 Å². The number of amides is 3. The summed E-state index contributed by atoms with van der Waals surface area (Å²) in [6, 6.07) is 5.64. The van der Waals surface area contributed by atoms with Gasteiger partial charge in [-0.3, -0.25) is 19.2 Å².